The third-order valence-corrected chi connectivity index (χ3v) is 8.00. The number of hydrogen-bond acceptors (Lipinski definition) is 8. The molecule has 0 spiro atoms. The molecule has 0 radical (unpaired) electrons. The van der Waals surface area contributed by atoms with Gasteiger partial charge in [0.2, 0.25) is 5.43 Å². The van der Waals surface area contributed by atoms with Gasteiger partial charge in [-0.05, 0) is 38.2 Å². The molecule has 42 heavy (non-hydrogen) atoms. The number of benzene rings is 3. The molecule has 3 aromatic heterocycles. The van der Waals surface area contributed by atoms with Crippen molar-refractivity contribution in [3.05, 3.63) is 64.2 Å². The summed E-state index contributed by atoms with van der Waals surface area (Å²) < 4.78 is 29.6. The van der Waals surface area contributed by atoms with Gasteiger partial charge >= 0.3 is 5.97 Å². The standard InChI is InChI=1S/C30H29FN6O5/c1-35-7-9-36(10-8-35)6-2-5-33-26-19(31)12-17-27-29(26)42-25-13-21-24(41-23-11-16(32)3-4-20(23)34-21)14-22(25)37(27)15-18(28(17)38)30(39)40/h3-4,11-15,33-34H,2,5-10,32H2,1H3,(H,39,40). The van der Waals surface area contributed by atoms with Gasteiger partial charge in [-0.25, -0.2) is 9.18 Å². The van der Waals surface area contributed by atoms with Crippen LogP contribution >= 0.6 is 0 Å². The minimum atomic E-state index is -1.41. The molecule has 0 amide bonds. The second-order valence-electron chi connectivity index (χ2n) is 10.8. The quantitative estimate of drug-likeness (QED) is 0.0984. The molecule has 1 saturated heterocycles. The SMILES string of the molecule is CN1CCN(CCCNc2c(F)cc3c(=O)c(C(=O)O)cn4c5cc6oc7cc(N)ccc7[nH]c6cc5oc2c34)CC1. The maximum atomic E-state index is 15.6. The van der Waals surface area contributed by atoms with Gasteiger partial charge in [-0.2, -0.15) is 0 Å². The number of hydrogen-bond donors (Lipinski definition) is 4. The van der Waals surface area contributed by atoms with Crippen LogP contribution in [0, 0.1) is 5.82 Å². The van der Waals surface area contributed by atoms with Crippen LogP contribution in [0.1, 0.15) is 16.8 Å². The van der Waals surface area contributed by atoms with Crippen molar-refractivity contribution in [2.24, 2.45) is 0 Å². The van der Waals surface area contributed by atoms with E-state index >= 15 is 4.39 Å². The molecule has 4 heterocycles. The smallest absolute Gasteiger partial charge is 0.341 e. The number of carboxylic acid groups (broad SMARTS) is 1. The number of likely N-dealkylation sites (N-methyl/N-ethyl adjacent to an activating group) is 1. The number of carbonyl (C=O) groups is 1. The number of nitrogens with one attached hydrogen (secondary N) is 2. The zero-order valence-electron chi connectivity index (χ0n) is 22.9. The van der Waals surface area contributed by atoms with Gasteiger partial charge in [0.25, 0.3) is 0 Å². The van der Waals surface area contributed by atoms with Gasteiger partial charge in [-0.1, -0.05) is 0 Å². The van der Waals surface area contributed by atoms with E-state index in [1.165, 1.54) is 6.20 Å². The van der Waals surface area contributed by atoms with Crippen LogP contribution in [0.15, 0.2) is 56.2 Å². The Morgan fingerprint density at radius 1 is 1.07 bits per heavy atom. The summed E-state index contributed by atoms with van der Waals surface area (Å²) in [5, 5.41) is 12.9. The first-order valence-corrected chi connectivity index (χ1v) is 13.8. The van der Waals surface area contributed by atoms with Crippen LogP contribution in [0.4, 0.5) is 15.8 Å². The van der Waals surface area contributed by atoms with E-state index in [-0.39, 0.29) is 22.2 Å². The van der Waals surface area contributed by atoms with Crippen molar-refractivity contribution in [3.8, 4) is 0 Å². The van der Waals surface area contributed by atoms with E-state index in [0.717, 1.165) is 45.2 Å². The summed E-state index contributed by atoms with van der Waals surface area (Å²) in [5.74, 6) is -2.11. The van der Waals surface area contributed by atoms with E-state index in [1.807, 2.05) is 0 Å². The molecule has 1 aliphatic rings. The summed E-state index contributed by atoms with van der Waals surface area (Å²) in [7, 11) is 2.11. The van der Waals surface area contributed by atoms with Crippen molar-refractivity contribution in [1.82, 2.24) is 19.2 Å². The molecule has 1 fully saturated rings. The number of aromatic amines is 1. The average Bonchev–Trinajstić information content (AvgIpc) is 2.96. The van der Waals surface area contributed by atoms with Gasteiger partial charge in [-0.15, -0.1) is 0 Å². The molecule has 0 atom stereocenters. The van der Waals surface area contributed by atoms with Gasteiger partial charge in [0.15, 0.2) is 28.1 Å². The summed E-state index contributed by atoms with van der Waals surface area (Å²) in [6.45, 7) is 5.36. The first-order valence-electron chi connectivity index (χ1n) is 13.8. The molecule has 0 bridgehead atoms. The number of pyridine rings is 1. The number of nitrogens with zero attached hydrogens (tertiary/aromatic N) is 3. The largest absolute Gasteiger partial charge is 0.477 e. The van der Waals surface area contributed by atoms with E-state index in [2.05, 4.69) is 27.1 Å². The molecule has 6 aromatic rings. The predicted molar refractivity (Wildman–Crippen MR) is 160 cm³/mol. The summed E-state index contributed by atoms with van der Waals surface area (Å²) >= 11 is 0. The first-order chi connectivity index (χ1) is 20.3. The summed E-state index contributed by atoms with van der Waals surface area (Å²) in [5.41, 5.74) is 8.77. The van der Waals surface area contributed by atoms with Crippen molar-refractivity contribution in [1.29, 1.82) is 0 Å². The van der Waals surface area contributed by atoms with E-state index in [4.69, 9.17) is 14.6 Å². The number of piperazine rings is 1. The highest BCUT2D eigenvalue weighted by Crippen LogP contribution is 2.35. The Balaban J connectivity index is 1.39. The van der Waals surface area contributed by atoms with Crippen LogP contribution in [0.2, 0.25) is 0 Å². The fourth-order valence-electron chi connectivity index (χ4n) is 5.72. The first kappa shape index (κ1) is 26.1. The molecule has 0 aliphatic carbocycles. The second kappa shape index (κ2) is 9.93. The Bertz CT molecular complexity index is 2120. The maximum Gasteiger partial charge on any atom is 0.341 e. The topological polar surface area (TPSA) is 145 Å². The van der Waals surface area contributed by atoms with Crippen LogP contribution in [-0.4, -0.2) is 76.6 Å². The number of anilines is 2. The van der Waals surface area contributed by atoms with Crippen molar-refractivity contribution in [2.45, 2.75) is 6.42 Å². The lowest BCUT2D eigenvalue weighted by atomic mass is 10.1. The molecule has 5 N–H and O–H groups in total. The zero-order chi connectivity index (χ0) is 29.1. The highest BCUT2D eigenvalue weighted by molar-refractivity contribution is 6.06. The number of aromatic nitrogens is 2. The highest BCUT2D eigenvalue weighted by Gasteiger charge is 2.23. The third-order valence-electron chi connectivity index (χ3n) is 8.00. The molecule has 3 aromatic carbocycles. The summed E-state index contributed by atoms with van der Waals surface area (Å²) in [6, 6.07) is 9.72. The molecule has 1 aliphatic heterocycles. The minimum absolute atomic E-state index is 0.0917. The van der Waals surface area contributed by atoms with Crippen molar-refractivity contribution in [3.63, 3.8) is 0 Å². The van der Waals surface area contributed by atoms with Crippen LogP contribution in [0.5, 0.6) is 0 Å². The Morgan fingerprint density at radius 3 is 2.64 bits per heavy atom. The van der Waals surface area contributed by atoms with Crippen LogP contribution < -0.4 is 16.5 Å². The fraction of sp³-hybridized carbons (Fsp3) is 0.267. The molecule has 0 unspecified atom stereocenters. The molecule has 216 valence electrons. The Kier molecular flexibility index (Phi) is 6.17. The number of fused-ring (bicyclic) bond motifs is 4. The second-order valence-corrected chi connectivity index (χ2v) is 10.8. The van der Waals surface area contributed by atoms with Crippen LogP contribution in [0.3, 0.4) is 0 Å². The van der Waals surface area contributed by atoms with Gasteiger partial charge in [0.1, 0.15) is 16.8 Å². The Morgan fingerprint density at radius 2 is 1.86 bits per heavy atom. The number of carboxylic acids is 1. The molecular weight excluding hydrogens is 543 g/mol. The van der Waals surface area contributed by atoms with Crippen LogP contribution in [0.25, 0.3) is 49.8 Å². The van der Waals surface area contributed by atoms with Gasteiger partial charge in [0.05, 0.1) is 21.9 Å². The van der Waals surface area contributed by atoms with Gasteiger partial charge in [0, 0.05) is 62.8 Å². The normalized spacial score (nSPS) is 15.0. The summed E-state index contributed by atoms with van der Waals surface area (Å²) in [4.78, 5) is 33.1. The Labute approximate surface area is 237 Å². The van der Waals surface area contributed by atoms with E-state index < -0.39 is 22.8 Å². The van der Waals surface area contributed by atoms with Gasteiger partial charge in [-0.3, -0.25) is 4.79 Å². The lowest BCUT2D eigenvalue weighted by Gasteiger charge is -2.32. The lowest BCUT2D eigenvalue weighted by molar-refractivity contribution is 0.0695. The zero-order valence-corrected chi connectivity index (χ0v) is 22.9. The number of nitrogens with two attached hydrogens (primary N) is 1. The number of halogens is 1. The van der Waals surface area contributed by atoms with E-state index in [1.54, 1.807) is 34.7 Å². The monoisotopic (exact) mass is 572 g/mol. The third kappa shape index (κ3) is 4.35. The Hall–Kier alpha value is -4.81. The highest BCUT2D eigenvalue weighted by atomic mass is 19.1. The predicted octanol–water partition coefficient (Wildman–Crippen LogP) is 4.46. The van der Waals surface area contributed by atoms with Crippen LogP contribution in [-0.2, 0) is 0 Å². The maximum absolute atomic E-state index is 15.6. The molecule has 0 saturated carbocycles. The number of aromatic carboxylic acids is 1. The summed E-state index contributed by atoms with van der Waals surface area (Å²) in [6.07, 6.45) is 2.03. The van der Waals surface area contributed by atoms with Crippen molar-refractivity contribution < 1.29 is 23.1 Å². The average molecular weight is 573 g/mol. The van der Waals surface area contributed by atoms with E-state index in [0.29, 0.717) is 45.5 Å². The molecule has 12 heteroatoms. The van der Waals surface area contributed by atoms with Gasteiger partial charge < -0.3 is 44.2 Å². The lowest BCUT2D eigenvalue weighted by Crippen LogP contribution is -2.44. The number of nitrogen functional groups attached to an aromatic ring is 1. The fourth-order valence-corrected chi connectivity index (χ4v) is 5.72. The minimum Gasteiger partial charge on any atom is -0.477 e. The molecular formula is C30H29FN6O5. The number of rotatable bonds is 6. The number of H-pyrrole nitrogens is 1. The van der Waals surface area contributed by atoms with Crippen molar-refractivity contribution >= 4 is 67.1 Å². The van der Waals surface area contributed by atoms with E-state index in [9.17, 15) is 14.7 Å². The van der Waals surface area contributed by atoms with Crippen molar-refractivity contribution in [2.75, 3.05) is 57.4 Å². The molecule has 7 rings (SSSR count). The molecule has 11 nitrogen and oxygen atoms in total.